The third-order valence-electron chi connectivity index (χ3n) is 4.21. The quantitative estimate of drug-likeness (QED) is 0.220. The third-order valence-corrected chi connectivity index (χ3v) is 4.21. The van der Waals surface area contributed by atoms with Crippen LogP contribution in [0.3, 0.4) is 0 Å². The minimum absolute atomic E-state index is 0.287. The van der Waals surface area contributed by atoms with Crippen LogP contribution in [0.2, 0.25) is 0 Å². The summed E-state index contributed by atoms with van der Waals surface area (Å²) < 4.78 is 5.03. The topological polar surface area (TPSA) is 71.1 Å². The number of benzene rings is 2. The van der Waals surface area contributed by atoms with Crippen molar-refractivity contribution in [3.63, 3.8) is 0 Å². The van der Waals surface area contributed by atoms with Crippen LogP contribution in [0.25, 0.3) is 11.1 Å². The van der Waals surface area contributed by atoms with E-state index in [0.717, 1.165) is 37.7 Å². The average Bonchev–Trinajstić information content (AvgIpc) is 2.71. The van der Waals surface area contributed by atoms with E-state index in [0.29, 0.717) is 5.56 Å². The van der Waals surface area contributed by atoms with Gasteiger partial charge in [0, 0.05) is 0 Å². The van der Waals surface area contributed by atoms with Crippen molar-refractivity contribution in [3.8, 4) is 11.1 Å². The summed E-state index contributed by atoms with van der Waals surface area (Å²) in [4.78, 5) is 32.8. The number of rotatable bonds is 10. The highest BCUT2D eigenvalue weighted by molar-refractivity contribution is 5.96. The first-order valence-electron chi connectivity index (χ1n) is 9.52. The molecule has 0 radical (unpaired) electrons. The van der Waals surface area contributed by atoms with Gasteiger partial charge < -0.3 is 4.74 Å². The van der Waals surface area contributed by atoms with E-state index < -0.39 is 12.1 Å². The molecule has 0 spiro atoms. The Balaban J connectivity index is 1.79. The Labute approximate surface area is 165 Å². The second-order valence-electron chi connectivity index (χ2n) is 6.46. The van der Waals surface area contributed by atoms with Gasteiger partial charge in [-0.1, -0.05) is 74.7 Å². The molecule has 0 aliphatic rings. The summed E-state index contributed by atoms with van der Waals surface area (Å²) in [6, 6.07) is 16.3. The molecule has 0 heterocycles. The van der Waals surface area contributed by atoms with Crippen molar-refractivity contribution in [1.29, 1.82) is 0 Å². The molecule has 0 aliphatic heterocycles. The molecular weight excluding hydrogens is 360 g/mol. The van der Waals surface area contributed by atoms with Crippen LogP contribution in [0.15, 0.2) is 54.6 Å². The van der Waals surface area contributed by atoms with Gasteiger partial charge in [-0.2, -0.15) is 0 Å². The van der Waals surface area contributed by atoms with E-state index in [1.165, 1.54) is 0 Å². The van der Waals surface area contributed by atoms with Gasteiger partial charge in [0.15, 0.2) is 0 Å². The fraction of sp³-hybridized carbons (Fsp3) is 0.364. The molecule has 0 fully saturated rings. The molecule has 0 saturated heterocycles. The molecule has 1 unspecified atom stereocenters. The van der Waals surface area contributed by atoms with Crippen LogP contribution in [-0.2, 0) is 19.6 Å². The highest BCUT2D eigenvalue weighted by Crippen LogP contribution is 2.24. The van der Waals surface area contributed by atoms with Crippen molar-refractivity contribution in [1.82, 2.24) is 0 Å². The molecular formula is C22H26O6. The first-order chi connectivity index (χ1) is 13.6. The van der Waals surface area contributed by atoms with Crippen molar-refractivity contribution < 1.29 is 29.1 Å². The van der Waals surface area contributed by atoms with E-state index in [1.54, 1.807) is 25.1 Å². The predicted molar refractivity (Wildman–Crippen MR) is 104 cm³/mol. The molecule has 0 bridgehead atoms. The van der Waals surface area contributed by atoms with E-state index in [1.807, 2.05) is 36.4 Å². The molecule has 0 saturated carbocycles. The summed E-state index contributed by atoms with van der Waals surface area (Å²) in [6.07, 6.45) is 3.74. The number of hydrogen-bond acceptors (Lipinski definition) is 6. The molecule has 0 amide bonds. The van der Waals surface area contributed by atoms with Gasteiger partial charge in [-0.25, -0.2) is 14.5 Å². The summed E-state index contributed by atoms with van der Waals surface area (Å²) >= 11 is 0. The zero-order valence-corrected chi connectivity index (χ0v) is 16.3. The van der Waals surface area contributed by atoms with Crippen LogP contribution < -0.4 is 0 Å². The Morgan fingerprint density at radius 2 is 1.61 bits per heavy atom. The zero-order chi connectivity index (χ0) is 20.2. The number of ether oxygens (including phenoxy) is 1. The number of carbonyl (C=O) groups is 2. The molecule has 150 valence electrons. The summed E-state index contributed by atoms with van der Waals surface area (Å²) in [5.41, 5.74) is 1.82. The Bertz CT molecular complexity index is 744. The second-order valence-corrected chi connectivity index (χ2v) is 6.46. The smallest absolute Gasteiger partial charge is 0.429 e. The van der Waals surface area contributed by atoms with Crippen LogP contribution >= 0.6 is 0 Å². The Hall–Kier alpha value is -2.86. The highest BCUT2D eigenvalue weighted by atomic mass is 17.5. The normalized spacial score (nSPS) is 11.5. The Kier molecular flexibility index (Phi) is 9.01. The average molecular weight is 386 g/mol. The van der Waals surface area contributed by atoms with Gasteiger partial charge in [0.25, 0.3) is 0 Å². The fourth-order valence-electron chi connectivity index (χ4n) is 2.75. The number of unbranched alkanes of at least 4 members (excludes halogenated alkanes) is 3. The van der Waals surface area contributed by atoms with E-state index in [-0.39, 0.29) is 11.7 Å². The Morgan fingerprint density at radius 1 is 0.893 bits per heavy atom. The van der Waals surface area contributed by atoms with Gasteiger partial charge in [-0.05, 0) is 37.0 Å². The molecule has 2 aromatic carbocycles. The lowest BCUT2D eigenvalue weighted by Gasteiger charge is -2.11. The van der Waals surface area contributed by atoms with E-state index in [2.05, 4.69) is 21.7 Å². The summed E-state index contributed by atoms with van der Waals surface area (Å²) in [5.74, 6) is -0.778. The second kappa shape index (κ2) is 11.8. The minimum Gasteiger partial charge on any atom is -0.429 e. The zero-order valence-electron chi connectivity index (χ0n) is 16.3. The Morgan fingerprint density at radius 3 is 2.36 bits per heavy atom. The van der Waals surface area contributed by atoms with Gasteiger partial charge in [-0.3, -0.25) is 4.89 Å². The standard InChI is InChI=1S/C22H26O6/c1-3-4-5-7-12-17(2)25-22(24)27-28-26-21(23)20-16-11-10-15-19(20)18-13-8-6-9-14-18/h6,8-11,13-17H,3-5,7,12H2,1-2H3. The van der Waals surface area contributed by atoms with Gasteiger partial charge in [0.05, 0.1) is 10.6 Å². The predicted octanol–water partition coefficient (Wildman–Crippen LogP) is 5.87. The molecule has 0 aliphatic carbocycles. The SMILES string of the molecule is CCCCCCC(C)OC(=O)OOOC(=O)c1ccccc1-c1ccccc1. The van der Waals surface area contributed by atoms with Crippen LogP contribution in [0.1, 0.15) is 56.3 Å². The minimum atomic E-state index is -1.05. The van der Waals surface area contributed by atoms with Crippen LogP contribution in [0.4, 0.5) is 4.79 Å². The van der Waals surface area contributed by atoms with Crippen molar-refractivity contribution in [2.45, 2.75) is 52.1 Å². The van der Waals surface area contributed by atoms with Gasteiger partial charge >= 0.3 is 12.1 Å². The van der Waals surface area contributed by atoms with Crippen LogP contribution in [-0.4, -0.2) is 18.2 Å². The van der Waals surface area contributed by atoms with Gasteiger partial charge in [0.1, 0.15) is 6.10 Å². The molecule has 6 nitrogen and oxygen atoms in total. The van der Waals surface area contributed by atoms with Crippen molar-refractivity contribution in [3.05, 3.63) is 60.2 Å². The molecule has 0 aromatic heterocycles. The first kappa shape index (κ1) is 21.4. The lowest BCUT2D eigenvalue weighted by Crippen LogP contribution is -2.17. The molecule has 2 rings (SSSR count). The number of carbonyl (C=O) groups excluding carboxylic acids is 2. The molecule has 2 aromatic rings. The van der Waals surface area contributed by atoms with Crippen molar-refractivity contribution in [2.75, 3.05) is 0 Å². The summed E-state index contributed by atoms with van der Waals surface area (Å²) in [5, 5.41) is 4.32. The van der Waals surface area contributed by atoms with E-state index >= 15 is 0 Å². The van der Waals surface area contributed by atoms with E-state index in [9.17, 15) is 9.59 Å². The molecule has 1 atom stereocenters. The van der Waals surface area contributed by atoms with Gasteiger partial charge in [0.2, 0.25) is 0 Å². The van der Waals surface area contributed by atoms with Crippen LogP contribution in [0.5, 0.6) is 0 Å². The monoisotopic (exact) mass is 386 g/mol. The van der Waals surface area contributed by atoms with Crippen LogP contribution in [0, 0.1) is 0 Å². The lowest BCUT2D eigenvalue weighted by molar-refractivity contribution is -0.452. The summed E-state index contributed by atoms with van der Waals surface area (Å²) in [7, 11) is 0. The molecule has 0 N–H and O–H groups in total. The molecule has 28 heavy (non-hydrogen) atoms. The van der Waals surface area contributed by atoms with E-state index in [4.69, 9.17) is 4.74 Å². The first-order valence-corrected chi connectivity index (χ1v) is 9.52. The lowest BCUT2D eigenvalue weighted by atomic mass is 10.00. The maximum atomic E-state index is 12.3. The van der Waals surface area contributed by atoms with Crippen molar-refractivity contribution >= 4 is 12.1 Å². The largest absolute Gasteiger partial charge is 0.543 e. The fourth-order valence-corrected chi connectivity index (χ4v) is 2.75. The molecule has 6 heteroatoms. The number of hydrogen-bond donors (Lipinski definition) is 0. The highest BCUT2D eigenvalue weighted by Gasteiger charge is 2.17. The van der Waals surface area contributed by atoms with Crippen molar-refractivity contribution in [2.24, 2.45) is 0 Å². The third kappa shape index (κ3) is 7.04. The maximum absolute atomic E-state index is 12.3. The summed E-state index contributed by atoms with van der Waals surface area (Å²) in [6.45, 7) is 3.91. The van der Waals surface area contributed by atoms with Gasteiger partial charge in [-0.15, -0.1) is 0 Å². The maximum Gasteiger partial charge on any atom is 0.543 e.